The number of nitrogens with zero attached hydrogens (tertiary/aromatic N) is 7. The highest BCUT2D eigenvalue weighted by molar-refractivity contribution is 5.97. The Kier molecular flexibility index (Phi) is 68.3. The van der Waals surface area contributed by atoms with Gasteiger partial charge in [-0.2, -0.15) is 0 Å². The van der Waals surface area contributed by atoms with Gasteiger partial charge >= 0.3 is 17.9 Å². The zero-order chi connectivity index (χ0) is 107. The Labute approximate surface area is 829 Å². The summed E-state index contributed by atoms with van der Waals surface area (Å²) in [5, 5.41) is 0. The van der Waals surface area contributed by atoms with Crippen LogP contribution in [0.4, 0.5) is 0 Å². The molecule has 0 radical (unpaired) electrons. The fraction of sp³-hybridized carbons (Fsp3) is 0.722. The Morgan fingerprint density at radius 1 is 0.400 bits per heavy atom. The lowest BCUT2D eigenvalue weighted by Gasteiger charge is -2.37. The summed E-state index contributed by atoms with van der Waals surface area (Å²) < 4.78 is 15.3. The van der Waals surface area contributed by atoms with E-state index < -0.39 is 11.2 Å². The van der Waals surface area contributed by atoms with E-state index in [4.69, 9.17) is 14.2 Å². The van der Waals surface area contributed by atoms with Gasteiger partial charge in [-0.05, 0) is 239 Å². The molecule has 135 heavy (non-hydrogen) atoms. The van der Waals surface area contributed by atoms with Gasteiger partial charge in [0.05, 0.1) is 6.61 Å². The zero-order valence-electron chi connectivity index (χ0n) is 95.1. The smallest absolute Gasteiger partial charge is 0.330 e. The van der Waals surface area contributed by atoms with Gasteiger partial charge < -0.3 is 48.5 Å². The van der Waals surface area contributed by atoms with E-state index in [1.54, 1.807) is 42.2 Å². The second kappa shape index (κ2) is 66.8. The molecule has 1 heterocycles. The third-order valence-corrected chi connectivity index (χ3v) is 22.0. The van der Waals surface area contributed by atoms with Gasteiger partial charge in [0.15, 0.2) is 17.3 Å². The Hall–Kier alpha value is -7.68. The number of esters is 3. The third-order valence-electron chi connectivity index (χ3n) is 22.0. The van der Waals surface area contributed by atoms with Crippen molar-refractivity contribution in [2.45, 2.75) is 363 Å². The lowest BCUT2D eigenvalue weighted by molar-refractivity contribution is -0.161. The van der Waals surface area contributed by atoms with Gasteiger partial charge in [-0.1, -0.05) is 276 Å². The molecule has 780 valence electrons. The van der Waals surface area contributed by atoms with Crippen LogP contribution < -0.4 is 0 Å². The van der Waals surface area contributed by atoms with Crippen LogP contribution in [-0.4, -0.2) is 226 Å². The summed E-state index contributed by atoms with van der Waals surface area (Å²) in [6.07, 6.45) is 42.0. The summed E-state index contributed by atoms with van der Waals surface area (Å²) in [5.41, 5.74) is 3.87. The average molecular weight is 1900 g/mol. The van der Waals surface area contributed by atoms with Crippen molar-refractivity contribution in [3.05, 3.63) is 134 Å². The van der Waals surface area contributed by atoms with Crippen molar-refractivity contribution in [1.82, 2.24) is 34.3 Å². The highest BCUT2D eigenvalue weighted by Gasteiger charge is 2.38. The first-order chi connectivity index (χ1) is 61.0. The SMILES string of the molecule is C/C=C/C(=O)OC(C)(C)C(C)(C)C.C=CC(=O)N1CCC(C(C)(C)C)C1.C=CC(=O)OC(C)(C)C(C)(C)C.C=CC(=O)OCC(C)(C)C.C=CCN(CC(C)(C)C)C(=O)/C=C/CN(C)C.CC(C)(C)CCC(=O)C1=CCC1.CC(C)(C)CCC(=O)C1=CCCC1.CC(C)(C)CCC(=O)C1=CCCCC1.CCN(CC(C)(C)C)C(=O)/C=C/CN(C)C.CN(C)C/C=C/C(=O)N(C)CC(C)(C)C. The quantitative estimate of drug-likeness (QED) is 0.0272. The van der Waals surface area contributed by atoms with Crippen LogP contribution in [0.15, 0.2) is 134 Å². The number of likely N-dealkylation sites (N-methyl/N-ethyl adjacent to an activating group) is 5. The van der Waals surface area contributed by atoms with Crippen molar-refractivity contribution in [2.24, 2.45) is 60.1 Å². The van der Waals surface area contributed by atoms with E-state index in [0.717, 1.165) is 159 Å². The highest BCUT2D eigenvalue weighted by atomic mass is 16.6. The van der Waals surface area contributed by atoms with Crippen LogP contribution in [0.2, 0.25) is 0 Å². The van der Waals surface area contributed by atoms with E-state index >= 15 is 0 Å². The standard InChI is InChI=1S/C14H26N2O.C13H26N2O.C13H22O.C12H24N2O.C12H20O.C11H19NO.C11H20O2.C11H18O.C10H18O2.C8H14O2/c1-7-10-16(12-14(2,3)4)13(17)9-8-11-15(5)6;1-7-15(11-13(2,3)4)12(16)9-8-10-14(5)6;1-13(2,3)10-9-12(14)11-7-5-4-6-8-11;1-12(2,3)10-14(6)11(15)8-7-9-13(4)5;1-12(2,3)9-8-11(13)10-6-4-5-7-10;1-5-10(13)12-7-6-9(8-12)11(2,3)4;1-7-8-9(12)13-11(5,6)10(2,3)4;1-11(2,3)8-7-10(12)9-5-4-6-9;1-7-8(11)12-10(5,6)9(2,3)4;1-5-7(9)10-6-8(2,3)4/h7-9H,1,10-12H2,2-6H3;8-9H,7,10-11H2,1-6H3;7H,4-6,8-10H2,1-3H3;7-8H,9-10H2,1-6H3;6H,4-5,7-9H2,1-3H3;5,9H,1,6-8H2,2-4H3;7-8H,1-6H3;5H,4,6-8H2,1-3H3;7H,1H2,2-6H3;5H,1,6H2,2-4H3/b2*9-8+;;8-7+;;;8-7+;;;. The second-order valence-electron chi connectivity index (χ2n) is 49.3. The largest absolute Gasteiger partial charge is 0.462 e. The molecular formula is C115H207N7O13. The molecule has 1 atom stereocenters. The molecule has 1 unspecified atom stereocenters. The summed E-state index contributed by atoms with van der Waals surface area (Å²) >= 11 is 0. The number of Topliss-reactive ketones (excluding diaryl/α,β-unsaturated/α-hetero) is 3. The number of rotatable bonds is 31. The summed E-state index contributed by atoms with van der Waals surface area (Å²) in [4.78, 5) is 128. The van der Waals surface area contributed by atoms with E-state index in [1.165, 1.54) is 43.6 Å². The highest BCUT2D eigenvalue weighted by Crippen LogP contribution is 2.37. The first kappa shape index (κ1) is 138. The Morgan fingerprint density at radius 2 is 0.756 bits per heavy atom. The minimum atomic E-state index is -0.460. The maximum atomic E-state index is 12.0. The van der Waals surface area contributed by atoms with Crippen LogP contribution in [0.25, 0.3) is 0 Å². The van der Waals surface area contributed by atoms with Gasteiger partial charge in [0, 0.05) is 139 Å². The topological polar surface area (TPSA) is 221 Å². The monoisotopic (exact) mass is 1890 g/mol. The predicted molar refractivity (Wildman–Crippen MR) is 574 cm³/mol. The minimum absolute atomic E-state index is 0.0403. The maximum Gasteiger partial charge on any atom is 0.330 e. The fourth-order valence-electron chi connectivity index (χ4n) is 11.8. The van der Waals surface area contributed by atoms with Crippen molar-refractivity contribution >= 4 is 58.9 Å². The van der Waals surface area contributed by atoms with Crippen molar-refractivity contribution in [2.75, 3.05) is 121 Å². The summed E-state index contributed by atoms with van der Waals surface area (Å²) in [6.45, 7) is 97.4. The maximum absolute atomic E-state index is 12.0. The molecule has 0 bridgehead atoms. The molecule has 20 heteroatoms. The van der Waals surface area contributed by atoms with Crippen molar-refractivity contribution in [1.29, 1.82) is 0 Å². The van der Waals surface area contributed by atoms with E-state index in [9.17, 15) is 47.9 Å². The van der Waals surface area contributed by atoms with Crippen LogP contribution in [-0.2, 0) is 62.2 Å². The molecule has 0 spiro atoms. The number of carbonyl (C=O) groups is 10. The molecule has 0 aromatic carbocycles. The second-order valence-corrected chi connectivity index (χ2v) is 49.3. The van der Waals surface area contributed by atoms with Crippen molar-refractivity contribution in [3.8, 4) is 0 Å². The van der Waals surface area contributed by atoms with Crippen molar-refractivity contribution < 1.29 is 62.2 Å². The Bertz CT molecular complexity index is 3740. The number of likely N-dealkylation sites (tertiary alicyclic amines) is 1. The molecule has 1 saturated heterocycles. The molecule has 0 saturated carbocycles. The molecule has 4 amide bonds. The molecule has 1 aliphatic heterocycles. The Balaban J connectivity index is -0.000000343. The van der Waals surface area contributed by atoms with E-state index in [2.05, 4.69) is 211 Å². The van der Waals surface area contributed by atoms with E-state index in [-0.39, 0.29) is 84.9 Å². The summed E-state index contributed by atoms with van der Waals surface area (Å²) in [7, 11) is 13.7. The molecule has 1 fully saturated rings. The van der Waals surface area contributed by atoms with Crippen LogP contribution in [0.5, 0.6) is 0 Å². The van der Waals surface area contributed by atoms with Gasteiger partial charge in [0.1, 0.15) is 11.2 Å². The molecule has 20 nitrogen and oxygen atoms in total. The molecule has 4 rings (SSSR count). The zero-order valence-corrected chi connectivity index (χ0v) is 95.1. The van der Waals surface area contributed by atoms with Crippen LogP contribution in [0.1, 0.15) is 352 Å². The lowest BCUT2D eigenvalue weighted by Crippen LogP contribution is -2.40. The molecule has 0 N–H and O–H groups in total. The minimum Gasteiger partial charge on any atom is -0.462 e. The molecular weight excluding hydrogens is 1690 g/mol. The fourth-order valence-corrected chi connectivity index (χ4v) is 11.8. The van der Waals surface area contributed by atoms with Crippen molar-refractivity contribution in [3.63, 3.8) is 0 Å². The number of hydrogen-bond acceptors (Lipinski definition) is 16. The number of ether oxygens (including phenoxy) is 3. The summed E-state index contributed by atoms with van der Waals surface area (Å²) in [6, 6.07) is 0. The van der Waals surface area contributed by atoms with Crippen LogP contribution in [0, 0.1) is 60.1 Å². The van der Waals surface area contributed by atoms with Gasteiger partial charge in [0.2, 0.25) is 23.6 Å². The van der Waals surface area contributed by atoms with E-state index in [1.807, 2.05) is 173 Å². The normalized spacial score (nSPS) is 14.8. The number of carbonyl (C=O) groups excluding carboxylic acids is 10. The first-order valence-corrected chi connectivity index (χ1v) is 49.5. The van der Waals surface area contributed by atoms with E-state index in [0.29, 0.717) is 47.2 Å². The predicted octanol–water partition coefficient (Wildman–Crippen LogP) is 25.5. The number of allylic oxidation sites excluding steroid dienone is 7. The molecule has 3 aliphatic carbocycles. The molecule has 0 aromatic rings. The van der Waals surface area contributed by atoms with Crippen LogP contribution in [0.3, 0.4) is 0 Å². The average Bonchev–Trinajstić information content (AvgIpc) is 1.73. The van der Waals surface area contributed by atoms with Gasteiger partial charge in [-0.15, -0.1) is 6.58 Å². The molecule has 0 aromatic heterocycles. The van der Waals surface area contributed by atoms with Crippen LogP contribution >= 0.6 is 0 Å². The number of ketones is 3. The number of hydrogen-bond donors (Lipinski definition) is 0. The first-order valence-electron chi connectivity index (χ1n) is 49.5. The Morgan fingerprint density at radius 3 is 1.04 bits per heavy atom. The third kappa shape index (κ3) is 80.9. The van der Waals surface area contributed by atoms with Gasteiger partial charge in [-0.25, -0.2) is 14.4 Å². The molecule has 4 aliphatic rings. The summed E-state index contributed by atoms with van der Waals surface area (Å²) in [5.74, 6) is 1.10. The van der Waals surface area contributed by atoms with Gasteiger partial charge in [-0.3, -0.25) is 33.6 Å². The lowest BCUT2D eigenvalue weighted by atomic mass is 9.79. The number of amides is 4. The van der Waals surface area contributed by atoms with Gasteiger partial charge in [0.25, 0.3) is 0 Å².